The molecule has 3 rings (SSSR count). The highest BCUT2D eigenvalue weighted by atomic mass is 19.1. The van der Waals surface area contributed by atoms with Gasteiger partial charge in [0.25, 0.3) is 0 Å². The summed E-state index contributed by atoms with van der Waals surface area (Å²) in [5.74, 6) is -0.784. The van der Waals surface area contributed by atoms with E-state index in [2.05, 4.69) is 4.98 Å². The summed E-state index contributed by atoms with van der Waals surface area (Å²) in [6.45, 7) is 1.12. The summed E-state index contributed by atoms with van der Waals surface area (Å²) in [4.78, 5) is 17.2. The number of aromatic nitrogens is 1. The first-order valence-electron chi connectivity index (χ1n) is 8.23. The second-order valence-corrected chi connectivity index (χ2v) is 6.39. The van der Waals surface area contributed by atoms with Crippen LogP contribution in [0.1, 0.15) is 5.56 Å². The van der Waals surface area contributed by atoms with Crippen LogP contribution in [0.3, 0.4) is 0 Å². The molecule has 140 valence electrons. The number of fused-ring (bicyclic) bond motifs is 1. The quantitative estimate of drug-likeness (QED) is 0.714. The number of hydrogen-bond donors (Lipinski definition) is 2. The van der Waals surface area contributed by atoms with Gasteiger partial charge >= 0.3 is 5.97 Å². The number of carboxylic acid groups (broad SMARTS) is 1. The van der Waals surface area contributed by atoms with Crippen LogP contribution in [0.4, 0.5) is 10.2 Å². The van der Waals surface area contributed by atoms with Crippen LogP contribution >= 0.6 is 0 Å². The fourth-order valence-corrected chi connectivity index (χ4v) is 2.91. The molecule has 0 atom stereocenters. The lowest BCUT2D eigenvalue weighted by molar-refractivity contribution is -0.139. The Bertz CT molecular complexity index is 1030. The lowest BCUT2D eigenvalue weighted by Crippen LogP contribution is -2.15. The molecule has 0 aliphatic heterocycles. The van der Waals surface area contributed by atoms with E-state index in [4.69, 9.17) is 9.84 Å². The molecule has 27 heavy (non-hydrogen) atoms. The van der Waals surface area contributed by atoms with Crippen molar-refractivity contribution < 1.29 is 24.1 Å². The SMILES string of the molecule is Cc1cc(-c2c(N(C)C)nc(OCC(=O)O)c3cc(O)ccc23)ccc1F. The van der Waals surface area contributed by atoms with Gasteiger partial charge < -0.3 is 19.8 Å². The maximum Gasteiger partial charge on any atom is 0.341 e. The third kappa shape index (κ3) is 3.62. The van der Waals surface area contributed by atoms with Crippen molar-refractivity contribution in [3.63, 3.8) is 0 Å². The predicted octanol–water partition coefficient (Wildman–Crippen LogP) is 3.58. The number of nitrogens with zero attached hydrogens (tertiary/aromatic N) is 2. The van der Waals surface area contributed by atoms with E-state index >= 15 is 0 Å². The summed E-state index contributed by atoms with van der Waals surface area (Å²) in [7, 11) is 3.60. The molecule has 2 N–H and O–H groups in total. The molecular weight excluding hydrogens is 351 g/mol. The Morgan fingerprint density at radius 1 is 1.19 bits per heavy atom. The van der Waals surface area contributed by atoms with E-state index in [0.29, 0.717) is 22.2 Å². The Labute approximate surface area is 155 Å². The van der Waals surface area contributed by atoms with Gasteiger partial charge in [-0.3, -0.25) is 0 Å². The van der Waals surface area contributed by atoms with Crippen molar-refractivity contribution in [2.24, 2.45) is 0 Å². The average molecular weight is 370 g/mol. The van der Waals surface area contributed by atoms with Crippen molar-refractivity contribution >= 4 is 22.6 Å². The number of phenols is 1. The average Bonchev–Trinajstić information content (AvgIpc) is 2.61. The predicted molar refractivity (Wildman–Crippen MR) is 101 cm³/mol. The molecule has 0 saturated heterocycles. The Kier molecular flexibility index (Phi) is 4.85. The highest BCUT2D eigenvalue weighted by molar-refractivity contribution is 6.04. The minimum Gasteiger partial charge on any atom is -0.508 e. The normalized spacial score (nSPS) is 10.8. The number of aliphatic carboxylic acids is 1. The zero-order valence-electron chi connectivity index (χ0n) is 15.2. The number of ether oxygens (including phenoxy) is 1. The number of phenolic OH excluding ortho intramolecular Hbond substituents is 1. The van der Waals surface area contributed by atoms with E-state index in [-0.39, 0.29) is 17.4 Å². The van der Waals surface area contributed by atoms with Crippen molar-refractivity contribution in [2.75, 3.05) is 25.6 Å². The Balaban J connectivity index is 2.34. The Morgan fingerprint density at radius 3 is 2.56 bits per heavy atom. The van der Waals surface area contributed by atoms with Gasteiger partial charge in [-0.2, -0.15) is 4.98 Å². The zero-order chi connectivity index (χ0) is 19.7. The second kappa shape index (κ2) is 7.11. The van der Waals surface area contributed by atoms with Crippen molar-refractivity contribution in [3.05, 3.63) is 47.8 Å². The largest absolute Gasteiger partial charge is 0.508 e. The van der Waals surface area contributed by atoms with Gasteiger partial charge in [0.05, 0.1) is 0 Å². The minimum atomic E-state index is -1.13. The fraction of sp³-hybridized carbons (Fsp3) is 0.200. The fourth-order valence-electron chi connectivity index (χ4n) is 2.91. The molecule has 1 heterocycles. The molecule has 0 fully saturated rings. The lowest BCUT2D eigenvalue weighted by Gasteiger charge is -2.21. The first-order chi connectivity index (χ1) is 12.8. The van der Waals surface area contributed by atoms with Gasteiger partial charge in [-0.1, -0.05) is 6.07 Å². The molecular formula is C20H19FN2O4. The molecule has 2 aromatic carbocycles. The number of pyridine rings is 1. The standard InChI is InChI=1S/C20H19FN2O4/c1-11-8-12(4-7-16(11)21)18-14-6-5-13(24)9-15(14)20(27-10-17(25)26)22-19(18)23(2)3/h4-9,24H,10H2,1-3H3,(H,25,26). The molecule has 0 amide bonds. The first-order valence-corrected chi connectivity index (χ1v) is 8.23. The van der Waals surface area contributed by atoms with E-state index < -0.39 is 12.6 Å². The molecule has 0 radical (unpaired) electrons. The lowest BCUT2D eigenvalue weighted by atomic mass is 9.97. The first kappa shape index (κ1) is 18.4. The smallest absolute Gasteiger partial charge is 0.341 e. The van der Waals surface area contributed by atoms with Gasteiger partial charge in [0.1, 0.15) is 17.4 Å². The number of aromatic hydroxyl groups is 1. The maximum atomic E-state index is 13.7. The summed E-state index contributed by atoms with van der Waals surface area (Å²) in [5, 5.41) is 20.0. The molecule has 0 aliphatic rings. The van der Waals surface area contributed by atoms with E-state index in [9.17, 15) is 14.3 Å². The van der Waals surface area contributed by atoms with E-state index in [1.807, 2.05) is 0 Å². The van der Waals surface area contributed by atoms with Crippen LogP contribution in [-0.4, -0.2) is 41.9 Å². The van der Waals surface area contributed by atoms with Crippen molar-refractivity contribution in [1.29, 1.82) is 0 Å². The van der Waals surface area contributed by atoms with E-state index in [0.717, 1.165) is 11.1 Å². The molecule has 7 heteroatoms. The number of carboxylic acids is 1. The van der Waals surface area contributed by atoms with E-state index in [1.54, 1.807) is 44.1 Å². The molecule has 1 aromatic heterocycles. The summed E-state index contributed by atoms with van der Waals surface area (Å²) in [6.07, 6.45) is 0. The summed E-state index contributed by atoms with van der Waals surface area (Å²) in [6, 6.07) is 9.49. The monoisotopic (exact) mass is 370 g/mol. The van der Waals surface area contributed by atoms with Crippen LogP contribution in [0.5, 0.6) is 11.6 Å². The number of carbonyl (C=O) groups is 1. The van der Waals surface area contributed by atoms with Crippen molar-refractivity contribution in [3.8, 4) is 22.8 Å². The van der Waals surface area contributed by atoms with Gasteiger partial charge in [0, 0.05) is 25.0 Å². The molecule has 6 nitrogen and oxygen atoms in total. The number of hydrogen-bond acceptors (Lipinski definition) is 5. The van der Waals surface area contributed by atoms with Crippen LogP contribution in [0.2, 0.25) is 0 Å². The number of aryl methyl sites for hydroxylation is 1. The highest BCUT2D eigenvalue weighted by Crippen LogP contribution is 2.41. The third-order valence-electron chi connectivity index (χ3n) is 4.14. The summed E-state index contributed by atoms with van der Waals surface area (Å²) < 4.78 is 19.1. The van der Waals surface area contributed by atoms with Gasteiger partial charge in [-0.05, 0) is 53.8 Å². The molecule has 0 unspecified atom stereocenters. The van der Waals surface area contributed by atoms with Crippen LogP contribution in [0.25, 0.3) is 21.9 Å². The number of rotatable bonds is 5. The van der Waals surface area contributed by atoms with Gasteiger partial charge in [-0.25, -0.2) is 9.18 Å². The van der Waals surface area contributed by atoms with Gasteiger partial charge in [0.2, 0.25) is 5.88 Å². The number of halogens is 1. The van der Waals surface area contributed by atoms with E-state index in [1.165, 1.54) is 18.2 Å². The Morgan fingerprint density at radius 2 is 1.93 bits per heavy atom. The van der Waals surface area contributed by atoms with Crippen molar-refractivity contribution in [2.45, 2.75) is 6.92 Å². The molecule has 3 aromatic rings. The van der Waals surface area contributed by atoms with Crippen LogP contribution in [0.15, 0.2) is 36.4 Å². The Hall–Kier alpha value is -3.35. The number of benzene rings is 2. The highest BCUT2D eigenvalue weighted by Gasteiger charge is 2.19. The molecule has 0 bridgehead atoms. The van der Waals surface area contributed by atoms with Crippen LogP contribution in [0, 0.1) is 12.7 Å². The maximum absolute atomic E-state index is 13.7. The van der Waals surface area contributed by atoms with Gasteiger partial charge in [-0.15, -0.1) is 0 Å². The molecule has 0 aliphatic carbocycles. The second-order valence-electron chi connectivity index (χ2n) is 6.39. The summed E-state index contributed by atoms with van der Waals surface area (Å²) >= 11 is 0. The topological polar surface area (TPSA) is 82.9 Å². The van der Waals surface area contributed by atoms with Crippen molar-refractivity contribution in [1.82, 2.24) is 4.98 Å². The zero-order valence-corrected chi connectivity index (χ0v) is 15.2. The molecule has 0 spiro atoms. The minimum absolute atomic E-state index is 0.00307. The van der Waals surface area contributed by atoms with Gasteiger partial charge in [0.15, 0.2) is 6.61 Å². The molecule has 0 saturated carbocycles. The van der Waals surface area contributed by atoms with Crippen LogP contribution in [-0.2, 0) is 4.79 Å². The third-order valence-corrected chi connectivity index (χ3v) is 4.14. The number of anilines is 1. The van der Waals surface area contributed by atoms with Crippen LogP contribution < -0.4 is 9.64 Å². The summed E-state index contributed by atoms with van der Waals surface area (Å²) in [5.41, 5.74) is 1.99.